The van der Waals surface area contributed by atoms with Crippen LogP contribution in [-0.2, 0) is 12.8 Å². The predicted molar refractivity (Wildman–Crippen MR) is 150 cm³/mol. The first-order chi connectivity index (χ1) is 15.8. The summed E-state index contributed by atoms with van der Waals surface area (Å²) in [5.41, 5.74) is 10.8. The highest BCUT2D eigenvalue weighted by Gasteiger charge is 2.59. The number of terminal acetylenes is 1. The Morgan fingerprint density at radius 2 is 1.85 bits per heavy atom. The summed E-state index contributed by atoms with van der Waals surface area (Å²) in [6, 6.07) is 7.26. The fourth-order valence-corrected chi connectivity index (χ4v) is 7.19. The van der Waals surface area contributed by atoms with Crippen molar-refractivity contribution in [2.45, 2.75) is 98.3 Å². The van der Waals surface area contributed by atoms with Gasteiger partial charge < -0.3 is 5.73 Å². The zero-order chi connectivity index (χ0) is 24.8. The molecule has 0 aromatic heterocycles. The molecule has 0 saturated heterocycles. The van der Waals surface area contributed by atoms with E-state index in [-0.39, 0.29) is 5.41 Å². The Balaban J connectivity index is 0.000000914. The summed E-state index contributed by atoms with van der Waals surface area (Å²) in [5, 5.41) is 0. The molecule has 1 aromatic carbocycles. The van der Waals surface area contributed by atoms with E-state index in [4.69, 9.17) is 18.6 Å². The molecule has 2 N–H and O–H groups in total. The number of benzene rings is 1. The van der Waals surface area contributed by atoms with E-state index in [0.717, 1.165) is 41.9 Å². The van der Waals surface area contributed by atoms with Crippen LogP contribution in [0.4, 0.5) is 0 Å². The van der Waals surface area contributed by atoms with Gasteiger partial charge in [0.1, 0.15) is 0 Å². The minimum Gasteiger partial charge on any atom is -0.333 e. The molecule has 0 spiro atoms. The van der Waals surface area contributed by atoms with Crippen LogP contribution in [0.25, 0.3) is 0 Å². The molecule has 4 rings (SSSR count). The van der Waals surface area contributed by atoms with Gasteiger partial charge in [-0.1, -0.05) is 62.7 Å². The molecule has 0 amide bonds. The van der Waals surface area contributed by atoms with E-state index in [1.807, 2.05) is 13.8 Å². The number of allylic oxidation sites excluding steroid dienone is 1. The monoisotopic (exact) mass is 465 g/mol. The minimum atomic E-state index is 0.0895. The quantitative estimate of drug-likeness (QED) is 0.270. The number of thiocarbonyl (C=S) groups is 1. The Bertz CT molecular complexity index is 877. The Morgan fingerprint density at radius 1 is 1.15 bits per heavy atom. The second kappa shape index (κ2) is 11.8. The Kier molecular flexibility index (Phi) is 9.96. The highest BCUT2D eigenvalue weighted by atomic mass is 32.1. The van der Waals surface area contributed by atoms with E-state index >= 15 is 0 Å². The van der Waals surface area contributed by atoms with E-state index in [0.29, 0.717) is 5.41 Å². The highest BCUT2D eigenvalue weighted by Crippen LogP contribution is 2.67. The van der Waals surface area contributed by atoms with Crippen LogP contribution in [0.3, 0.4) is 0 Å². The molecule has 5 atom stereocenters. The molecule has 3 aliphatic rings. The van der Waals surface area contributed by atoms with E-state index in [2.05, 4.69) is 57.2 Å². The molecular formula is C31H47NS. The molecule has 2 fully saturated rings. The number of nitrogens with two attached hydrogens (primary N) is 1. The highest BCUT2D eigenvalue weighted by molar-refractivity contribution is 7.80. The van der Waals surface area contributed by atoms with Gasteiger partial charge in [-0.25, -0.2) is 0 Å². The fraction of sp³-hybridized carbons (Fsp3) is 0.645. The smallest absolute Gasteiger partial charge is 0.0340 e. The van der Waals surface area contributed by atoms with Gasteiger partial charge in [-0.3, -0.25) is 0 Å². The van der Waals surface area contributed by atoms with Crippen molar-refractivity contribution in [3.63, 3.8) is 0 Å². The average molecular weight is 466 g/mol. The van der Waals surface area contributed by atoms with Gasteiger partial charge in [-0.05, 0) is 117 Å². The summed E-state index contributed by atoms with van der Waals surface area (Å²) in [4.78, 5) is 1.16. The first-order valence-corrected chi connectivity index (χ1v) is 13.5. The van der Waals surface area contributed by atoms with E-state index in [9.17, 15) is 0 Å². The second-order valence-electron chi connectivity index (χ2n) is 10.6. The largest absolute Gasteiger partial charge is 0.333 e. The number of aryl methyl sites for hydroxylation is 1. The first-order valence-electron chi connectivity index (χ1n) is 13.1. The summed E-state index contributed by atoms with van der Waals surface area (Å²) < 4.78 is 0. The van der Waals surface area contributed by atoms with Crippen molar-refractivity contribution >= 4 is 17.1 Å². The minimum absolute atomic E-state index is 0.0895. The standard InChI is InChI=1S/C28H36S.C2H6.CH5N/c1-6-27(4)15-14-26-25-12-9-21-17-20(18-22(29)10-7-19(2)3)8-11-23(21)24(25)13-16-28(26,27)5;2*1-2/h1,8,11,17,24-26H,2,7,9-10,12-16,18H2,3-5H3;1-2H3;2H2,1H3. The van der Waals surface area contributed by atoms with Crippen LogP contribution in [0.1, 0.15) is 102 Å². The maximum absolute atomic E-state index is 6.03. The lowest BCUT2D eigenvalue weighted by Gasteiger charge is -2.53. The van der Waals surface area contributed by atoms with Crippen LogP contribution in [0, 0.1) is 35.0 Å². The van der Waals surface area contributed by atoms with Gasteiger partial charge in [0.05, 0.1) is 0 Å². The zero-order valence-electron chi connectivity index (χ0n) is 22.1. The number of hydrogen-bond donors (Lipinski definition) is 1. The fourth-order valence-electron chi connectivity index (χ4n) is 6.92. The van der Waals surface area contributed by atoms with E-state index < -0.39 is 0 Å². The lowest BCUT2D eigenvalue weighted by Crippen LogP contribution is -2.45. The molecular weight excluding hydrogens is 418 g/mol. The Morgan fingerprint density at radius 3 is 2.48 bits per heavy atom. The Labute approximate surface area is 210 Å². The van der Waals surface area contributed by atoms with E-state index in [1.165, 1.54) is 56.7 Å². The molecule has 0 aliphatic heterocycles. The van der Waals surface area contributed by atoms with Crippen molar-refractivity contribution in [1.82, 2.24) is 0 Å². The van der Waals surface area contributed by atoms with Gasteiger partial charge in [0.25, 0.3) is 0 Å². The zero-order valence-corrected chi connectivity index (χ0v) is 22.9. The molecule has 0 radical (unpaired) electrons. The summed E-state index contributed by atoms with van der Waals surface area (Å²) in [6.45, 7) is 14.9. The van der Waals surface area contributed by atoms with Crippen molar-refractivity contribution in [3.05, 3.63) is 47.0 Å². The molecule has 0 heterocycles. The third-order valence-corrected chi connectivity index (χ3v) is 9.30. The lowest BCUT2D eigenvalue weighted by atomic mass is 9.51. The molecule has 1 nitrogen and oxygen atoms in total. The molecule has 182 valence electrons. The first kappa shape index (κ1) is 27.8. The topological polar surface area (TPSA) is 26.0 Å². The van der Waals surface area contributed by atoms with E-state index in [1.54, 1.807) is 11.1 Å². The van der Waals surface area contributed by atoms with Crippen LogP contribution >= 0.6 is 12.2 Å². The van der Waals surface area contributed by atoms with Crippen molar-refractivity contribution in [2.24, 2.45) is 28.4 Å². The van der Waals surface area contributed by atoms with Crippen LogP contribution in [0.15, 0.2) is 30.4 Å². The third kappa shape index (κ3) is 5.47. The molecule has 3 aliphatic carbocycles. The van der Waals surface area contributed by atoms with Crippen LogP contribution < -0.4 is 5.73 Å². The van der Waals surface area contributed by atoms with Crippen molar-refractivity contribution < 1.29 is 0 Å². The molecule has 2 saturated carbocycles. The SMILES string of the molecule is C#CC1(C)CCC2C3CCc4cc(CC(=S)CCC(=C)C)ccc4C3CCC21C.CC.CN. The molecule has 5 unspecified atom stereocenters. The van der Waals surface area contributed by atoms with Gasteiger partial charge >= 0.3 is 0 Å². The summed E-state index contributed by atoms with van der Waals surface area (Å²) in [5.74, 6) is 5.57. The Hall–Kier alpha value is -1.43. The van der Waals surface area contributed by atoms with Crippen molar-refractivity contribution in [2.75, 3.05) is 7.05 Å². The van der Waals surface area contributed by atoms with Crippen LogP contribution in [0.2, 0.25) is 0 Å². The second-order valence-corrected chi connectivity index (χ2v) is 11.2. The summed E-state index contributed by atoms with van der Waals surface area (Å²) in [7, 11) is 1.50. The van der Waals surface area contributed by atoms with Gasteiger partial charge in [-0.2, -0.15) is 0 Å². The van der Waals surface area contributed by atoms with Gasteiger partial charge in [-0.15, -0.1) is 13.0 Å². The predicted octanol–water partition coefficient (Wildman–Crippen LogP) is 8.05. The van der Waals surface area contributed by atoms with Gasteiger partial charge in [0.15, 0.2) is 0 Å². The summed E-state index contributed by atoms with van der Waals surface area (Å²) >= 11 is 5.64. The summed E-state index contributed by atoms with van der Waals surface area (Å²) in [6.07, 6.45) is 16.7. The van der Waals surface area contributed by atoms with Gasteiger partial charge in [0.2, 0.25) is 0 Å². The lowest BCUT2D eigenvalue weighted by molar-refractivity contribution is 0.00891. The molecule has 1 aromatic rings. The van der Waals surface area contributed by atoms with Gasteiger partial charge in [0, 0.05) is 11.8 Å². The molecule has 33 heavy (non-hydrogen) atoms. The van der Waals surface area contributed by atoms with Crippen LogP contribution in [0.5, 0.6) is 0 Å². The number of hydrogen-bond acceptors (Lipinski definition) is 2. The maximum Gasteiger partial charge on any atom is 0.0340 e. The number of fused-ring (bicyclic) bond motifs is 5. The van der Waals surface area contributed by atoms with Crippen LogP contribution in [-0.4, -0.2) is 11.9 Å². The molecule has 0 bridgehead atoms. The number of rotatable bonds is 5. The maximum atomic E-state index is 6.03. The normalized spacial score (nSPS) is 31.3. The third-order valence-electron chi connectivity index (χ3n) is 8.95. The molecule has 2 heteroatoms. The van der Waals surface area contributed by atoms with Crippen molar-refractivity contribution in [3.8, 4) is 12.3 Å². The van der Waals surface area contributed by atoms with Crippen molar-refractivity contribution in [1.29, 1.82) is 0 Å². The average Bonchev–Trinajstić information content (AvgIpc) is 3.11.